The van der Waals surface area contributed by atoms with Gasteiger partial charge in [-0.25, -0.2) is 9.78 Å². The Morgan fingerprint density at radius 1 is 1.29 bits per heavy atom. The molecule has 1 aliphatic rings. The van der Waals surface area contributed by atoms with E-state index in [0.29, 0.717) is 5.82 Å². The summed E-state index contributed by atoms with van der Waals surface area (Å²) in [7, 11) is 1.87. The Morgan fingerprint density at radius 3 is 2.79 bits per heavy atom. The van der Waals surface area contributed by atoms with E-state index in [4.69, 9.17) is 0 Å². The highest BCUT2D eigenvalue weighted by atomic mass is 32.1. The van der Waals surface area contributed by atoms with Gasteiger partial charge in [0.25, 0.3) is 0 Å². The Hall–Kier alpha value is -1.93. The SMILES string of the molecule is Cc1nc(CN2CCCN(C(=O)Nc3cc(C)n(C)n3)CC2)cs1. The Kier molecular flexibility index (Phi) is 5.15. The van der Waals surface area contributed by atoms with Crippen molar-refractivity contribution in [2.45, 2.75) is 26.8 Å². The molecule has 24 heavy (non-hydrogen) atoms. The number of hydrogen-bond donors (Lipinski definition) is 1. The minimum absolute atomic E-state index is 0.0700. The average molecular weight is 348 g/mol. The minimum atomic E-state index is -0.0700. The summed E-state index contributed by atoms with van der Waals surface area (Å²) in [5, 5.41) is 10.4. The molecule has 2 aromatic rings. The van der Waals surface area contributed by atoms with Crippen LogP contribution >= 0.6 is 11.3 Å². The molecule has 0 saturated carbocycles. The van der Waals surface area contributed by atoms with Gasteiger partial charge in [0.2, 0.25) is 0 Å². The van der Waals surface area contributed by atoms with Crippen molar-refractivity contribution in [1.29, 1.82) is 0 Å². The number of amides is 2. The third-order valence-electron chi connectivity index (χ3n) is 4.28. The van der Waals surface area contributed by atoms with Crippen molar-refractivity contribution in [2.24, 2.45) is 7.05 Å². The maximum Gasteiger partial charge on any atom is 0.323 e. The highest BCUT2D eigenvalue weighted by Gasteiger charge is 2.20. The van der Waals surface area contributed by atoms with Crippen LogP contribution < -0.4 is 5.32 Å². The zero-order valence-electron chi connectivity index (χ0n) is 14.4. The summed E-state index contributed by atoms with van der Waals surface area (Å²) in [4.78, 5) is 21.2. The van der Waals surface area contributed by atoms with Crippen molar-refractivity contribution in [2.75, 3.05) is 31.5 Å². The fraction of sp³-hybridized carbons (Fsp3) is 0.562. The molecule has 0 atom stereocenters. The van der Waals surface area contributed by atoms with Crippen LogP contribution in [0.4, 0.5) is 10.6 Å². The number of aryl methyl sites for hydroxylation is 3. The molecule has 0 unspecified atom stereocenters. The fourth-order valence-electron chi connectivity index (χ4n) is 2.85. The first-order valence-electron chi connectivity index (χ1n) is 8.21. The zero-order chi connectivity index (χ0) is 17.1. The number of nitrogens with zero attached hydrogens (tertiary/aromatic N) is 5. The second-order valence-corrected chi connectivity index (χ2v) is 7.26. The van der Waals surface area contributed by atoms with Crippen molar-refractivity contribution in [3.8, 4) is 0 Å². The second kappa shape index (κ2) is 7.31. The lowest BCUT2D eigenvalue weighted by Gasteiger charge is -2.21. The van der Waals surface area contributed by atoms with Crippen LogP contribution in [0, 0.1) is 13.8 Å². The van der Waals surface area contributed by atoms with E-state index in [1.807, 2.05) is 31.9 Å². The molecule has 0 radical (unpaired) electrons. The molecule has 1 N–H and O–H groups in total. The number of urea groups is 1. The predicted octanol–water partition coefficient (Wildman–Crippen LogP) is 2.23. The standard InChI is InChI=1S/C16H24N6OS/c1-12-9-15(19-20(12)3)18-16(23)22-6-4-5-21(7-8-22)10-14-11-24-13(2)17-14/h9,11H,4-8,10H2,1-3H3,(H,18,19,23). The van der Waals surface area contributed by atoms with Gasteiger partial charge < -0.3 is 4.90 Å². The van der Waals surface area contributed by atoms with Crippen molar-refractivity contribution in [3.05, 3.63) is 27.8 Å². The fourth-order valence-corrected chi connectivity index (χ4v) is 3.46. The van der Waals surface area contributed by atoms with E-state index < -0.39 is 0 Å². The van der Waals surface area contributed by atoms with E-state index in [1.54, 1.807) is 16.0 Å². The van der Waals surface area contributed by atoms with Crippen LogP contribution in [-0.2, 0) is 13.6 Å². The Bertz CT molecular complexity index is 690. The van der Waals surface area contributed by atoms with Gasteiger partial charge in [-0.2, -0.15) is 5.10 Å². The molecule has 8 heteroatoms. The monoisotopic (exact) mass is 348 g/mol. The van der Waals surface area contributed by atoms with Crippen LogP contribution in [-0.4, -0.2) is 56.8 Å². The lowest BCUT2D eigenvalue weighted by Crippen LogP contribution is -2.38. The van der Waals surface area contributed by atoms with E-state index in [9.17, 15) is 4.79 Å². The van der Waals surface area contributed by atoms with Gasteiger partial charge in [0, 0.05) is 56.9 Å². The number of nitrogens with one attached hydrogen (secondary N) is 1. The predicted molar refractivity (Wildman–Crippen MR) is 95.3 cm³/mol. The number of carbonyl (C=O) groups is 1. The Labute approximate surface area is 146 Å². The molecule has 7 nitrogen and oxygen atoms in total. The number of carbonyl (C=O) groups excluding carboxylic acids is 1. The number of rotatable bonds is 3. The van der Waals surface area contributed by atoms with Gasteiger partial charge >= 0.3 is 6.03 Å². The summed E-state index contributed by atoms with van der Waals surface area (Å²) in [6.07, 6.45) is 0.970. The van der Waals surface area contributed by atoms with Crippen LogP contribution in [0.15, 0.2) is 11.4 Å². The van der Waals surface area contributed by atoms with Crippen LogP contribution in [0.3, 0.4) is 0 Å². The summed E-state index contributed by atoms with van der Waals surface area (Å²) in [6.45, 7) is 8.20. The highest BCUT2D eigenvalue weighted by Crippen LogP contribution is 2.13. The number of anilines is 1. The van der Waals surface area contributed by atoms with E-state index in [0.717, 1.165) is 55.5 Å². The molecule has 130 valence electrons. The molecule has 2 amide bonds. The third-order valence-corrected chi connectivity index (χ3v) is 5.10. The van der Waals surface area contributed by atoms with E-state index >= 15 is 0 Å². The van der Waals surface area contributed by atoms with E-state index in [2.05, 4.69) is 25.7 Å². The molecule has 0 aromatic carbocycles. The largest absolute Gasteiger partial charge is 0.323 e. The van der Waals surface area contributed by atoms with Gasteiger partial charge in [-0.3, -0.25) is 14.9 Å². The van der Waals surface area contributed by atoms with Crippen LogP contribution in [0.1, 0.15) is 22.8 Å². The third kappa shape index (κ3) is 4.12. The quantitative estimate of drug-likeness (QED) is 0.924. The van der Waals surface area contributed by atoms with E-state index in [1.165, 1.54) is 0 Å². The van der Waals surface area contributed by atoms with Gasteiger partial charge in [0.1, 0.15) is 0 Å². The maximum atomic E-state index is 12.4. The van der Waals surface area contributed by atoms with Crippen LogP contribution in [0.2, 0.25) is 0 Å². The number of aromatic nitrogens is 3. The Morgan fingerprint density at radius 2 is 2.12 bits per heavy atom. The molecule has 1 aliphatic heterocycles. The topological polar surface area (TPSA) is 66.3 Å². The van der Waals surface area contributed by atoms with Gasteiger partial charge in [0.15, 0.2) is 5.82 Å². The molecule has 0 spiro atoms. The van der Waals surface area contributed by atoms with Gasteiger partial charge in [-0.15, -0.1) is 11.3 Å². The highest BCUT2D eigenvalue weighted by molar-refractivity contribution is 7.09. The number of thiazole rings is 1. The molecule has 3 rings (SSSR count). The first kappa shape index (κ1) is 16.9. The van der Waals surface area contributed by atoms with Crippen molar-refractivity contribution >= 4 is 23.2 Å². The number of hydrogen-bond acceptors (Lipinski definition) is 5. The summed E-state index contributed by atoms with van der Waals surface area (Å²) >= 11 is 1.69. The lowest BCUT2D eigenvalue weighted by molar-refractivity contribution is 0.210. The first-order valence-corrected chi connectivity index (χ1v) is 9.09. The smallest absolute Gasteiger partial charge is 0.323 e. The van der Waals surface area contributed by atoms with Crippen LogP contribution in [0.5, 0.6) is 0 Å². The molecular formula is C16H24N6OS. The molecule has 2 aromatic heterocycles. The summed E-state index contributed by atoms with van der Waals surface area (Å²) < 4.78 is 1.76. The summed E-state index contributed by atoms with van der Waals surface area (Å²) in [6, 6.07) is 1.81. The molecule has 0 aliphatic carbocycles. The van der Waals surface area contributed by atoms with Crippen molar-refractivity contribution in [3.63, 3.8) is 0 Å². The van der Waals surface area contributed by atoms with Crippen LogP contribution in [0.25, 0.3) is 0 Å². The second-order valence-electron chi connectivity index (χ2n) is 6.20. The van der Waals surface area contributed by atoms with Gasteiger partial charge in [0.05, 0.1) is 10.7 Å². The molecule has 3 heterocycles. The summed E-state index contributed by atoms with van der Waals surface area (Å²) in [5.41, 5.74) is 2.14. The normalized spacial score (nSPS) is 16.2. The molecule has 1 fully saturated rings. The van der Waals surface area contributed by atoms with Gasteiger partial charge in [-0.1, -0.05) is 0 Å². The minimum Gasteiger partial charge on any atom is -0.323 e. The maximum absolute atomic E-state index is 12.4. The van der Waals surface area contributed by atoms with E-state index in [-0.39, 0.29) is 6.03 Å². The average Bonchev–Trinajstić information content (AvgIpc) is 2.97. The van der Waals surface area contributed by atoms with Gasteiger partial charge in [-0.05, 0) is 20.3 Å². The zero-order valence-corrected chi connectivity index (χ0v) is 15.3. The molecule has 1 saturated heterocycles. The van der Waals surface area contributed by atoms with Crippen molar-refractivity contribution < 1.29 is 4.79 Å². The lowest BCUT2D eigenvalue weighted by atomic mass is 10.3. The Balaban J connectivity index is 1.53. The first-order chi connectivity index (χ1) is 11.5. The summed E-state index contributed by atoms with van der Waals surface area (Å²) in [5.74, 6) is 0.610. The van der Waals surface area contributed by atoms with Crippen molar-refractivity contribution in [1.82, 2.24) is 24.6 Å². The molecule has 0 bridgehead atoms. The molecular weight excluding hydrogens is 324 g/mol.